The largest absolute Gasteiger partial charge is 0.495 e. The van der Waals surface area contributed by atoms with Crippen molar-refractivity contribution in [2.45, 2.75) is 6.92 Å². The maximum absolute atomic E-state index is 12.4. The first-order chi connectivity index (χ1) is 10.5. The van der Waals surface area contributed by atoms with E-state index >= 15 is 0 Å². The minimum absolute atomic E-state index is 0.187. The van der Waals surface area contributed by atoms with E-state index in [1.807, 2.05) is 6.07 Å². The van der Waals surface area contributed by atoms with Crippen LogP contribution in [0.2, 0.25) is 0 Å². The third-order valence-electron chi connectivity index (χ3n) is 2.89. The van der Waals surface area contributed by atoms with Crippen LogP contribution in [0.3, 0.4) is 0 Å². The van der Waals surface area contributed by atoms with E-state index in [0.717, 1.165) is 0 Å². The Bertz CT molecular complexity index is 716. The molecule has 0 aliphatic carbocycles. The SMILES string of the molecule is COc1ccc(NC(C)=O)cc1NC(=O)c1ccccc1Br. The summed E-state index contributed by atoms with van der Waals surface area (Å²) in [4.78, 5) is 23.5. The summed E-state index contributed by atoms with van der Waals surface area (Å²) in [5.74, 6) is 0.0495. The fourth-order valence-corrected chi connectivity index (χ4v) is 2.39. The lowest BCUT2D eigenvalue weighted by atomic mass is 10.2. The predicted octanol–water partition coefficient (Wildman–Crippen LogP) is 3.67. The molecule has 2 aromatic carbocycles. The maximum atomic E-state index is 12.4. The molecular formula is C16H15BrN2O3. The van der Waals surface area contributed by atoms with E-state index in [1.165, 1.54) is 14.0 Å². The van der Waals surface area contributed by atoms with Gasteiger partial charge in [0.1, 0.15) is 5.75 Å². The van der Waals surface area contributed by atoms with Gasteiger partial charge < -0.3 is 15.4 Å². The molecule has 0 aliphatic heterocycles. The number of methoxy groups -OCH3 is 1. The number of hydrogen-bond donors (Lipinski definition) is 2. The first-order valence-electron chi connectivity index (χ1n) is 6.52. The number of anilines is 2. The van der Waals surface area contributed by atoms with Crippen LogP contribution in [0.1, 0.15) is 17.3 Å². The second-order valence-electron chi connectivity index (χ2n) is 4.53. The van der Waals surface area contributed by atoms with Gasteiger partial charge in [-0.25, -0.2) is 0 Å². The van der Waals surface area contributed by atoms with Gasteiger partial charge in [0, 0.05) is 17.1 Å². The molecule has 2 N–H and O–H groups in total. The number of ether oxygens (including phenoxy) is 1. The Morgan fingerprint density at radius 3 is 2.45 bits per heavy atom. The van der Waals surface area contributed by atoms with Gasteiger partial charge in [0.25, 0.3) is 5.91 Å². The summed E-state index contributed by atoms with van der Waals surface area (Å²) in [7, 11) is 1.52. The lowest BCUT2D eigenvalue weighted by Gasteiger charge is -2.13. The highest BCUT2D eigenvalue weighted by atomic mass is 79.9. The van der Waals surface area contributed by atoms with E-state index in [9.17, 15) is 9.59 Å². The molecule has 0 aromatic heterocycles. The molecule has 0 saturated heterocycles. The van der Waals surface area contributed by atoms with Gasteiger partial charge >= 0.3 is 0 Å². The molecular weight excluding hydrogens is 348 g/mol. The van der Waals surface area contributed by atoms with Crippen molar-refractivity contribution in [3.05, 3.63) is 52.5 Å². The van der Waals surface area contributed by atoms with Crippen molar-refractivity contribution in [1.82, 2.24) is 0 Å². The number of benzene rings is 2. The topological polar surface area (TPSA) is 67.4 Å². The van der Waals surface area contributed by atoms with Gasteiger partial charge in [0.15, 0.2) is 0 Å². The highest BCUT2D eigenvalue weighted by molar-refractivity contribution is 9.10. The van der Waals surface area contributed by atoms with Gasteiger partial charge in [0.2, 0.25) is 5.91 Å². The summed E-state index contributed by atoms with van der Waals surface area (Å²) in [5, 5.41) is 5.45. The Balaban J connectivity index is 2.29. The molecule has 2 amide bonds. The first kappa shape index (κ1) is 16.0. The van der Waals surface area contributed by atoms with Crippen LogP contribution < -0.4 is 15.4 Å². The number of rotatable bonds is 4. The molecule has 114 valence electrons. The van der Waals surface area contributed by atoms with E-state index in [4.69, 9.17) is 4.74 Å². The molecule has 5 nitrogen and oxygen atoms in total. The van der Waals surface area contributed by atoms with Gasteiger partial charge in [-0.15, -0.1) is 0 Å². The number of halogens is 1. The van der Waals surface area contributed by atoms with Crippen molar-refractivity contribution in [3.63, 3.8) is 0 Å². The number of hydrogen-bond acceptors (Lipinski definition) is 3. The van der Waals surface area contributed by atoms with E-state index in [0.29, 0.717) is 27.2 Å². The van der Waals surface area contributed by atoms with Crippen molar-refractivity contribution in [2.75, 3.05) is 17.7 Å². The summed E-state index contributed by atoms with van der Waals surface area (Å²) in [6.07, 6.45) is 0. The standard InChI is InChI=1S/C16H15BrN2O3/c1-10(20)18-11-7-8-15(22-2)14(9-11)19-16(21)12-5-3-4-6-13(12)17/h3-9H,1-2H3,(H,18,20)(H,19,21). The van der Waals surface area contributed by atoms with Crippen LogP contribution in [0.15, 0.2) is 46.9 Å². The summed E-state index contributed by atoms with van der Waals surface area (Å²) in [5.41, 5.74) is 1.57. The Morgan fingerprint density at radius 1 is 1.09 bits per heavy atom. The van der Waals surface area contributed by atoms with Crippen molar-refractivity contribution in [1.29, 1.82) is 0 Å². The van der Waals surface area contributed by atoms with Gasteiger partial charge in [-0.05, 0) is 46.3 Å². The molecule has 6 heteroatoms. The van der Waals surface area contributed by atoms with Gasteiger partial charge in [-0.2, -0.15) is 0 Å². The summed E-state index contributed by atoms with van der Waals surface area (Å²) < 4.78 is 5.93. The lowest BCUT2D eigenvalue weighted by molar-refractivity contribution is -0.114. The maximum Gasteiger partial charge on any atom is 0.256 e. The monoisotopic (exact) mass is 362 g/mol. The van der Waals surface area contributed by atoms with E-state index in [-0.39, 0.29) is 11.8 Å². The fraction of sp³-hybridized carbons (Fsp3) is 0.125. The first-order valence-corrected chi connectivity index (χ1v) is 7.32. The molecule has 0 saturated carbocycles. The highest BCUT2D eigenvalue weighted by Gasteiger charge is 2.13. The zero-order chi connectivity index (χ0) is 16.1. The highest BCUT2D eigenvalue weighted by Crippen LogP contribution is 2.29. The molecule has 0 fully saturated rings. The molecule has 0 atom stereocenters. The van der Waals surface area contributed by atoms with Crippen LogP contribution in [-0.4, -0.2) is 18.9 Å². The van der Waals surface area contributed by atoms with Crippen LogP contribution in [0, 0.1) is 0 Å². The van der Waals surface area contributed by atoms with Crippen molar-refractivity contribution in [3.8, 4) is 5.75 Å². The Kier molecular flexibility index (Phi) is 5.16. The molecule has 0 bridgehead atoms. The molecule has 22 heavy (non-hydrogen) atoms. The average Bonchev–Trinajstić information content (AvgIpc) is 2.47. The van der Waals surface area contributed by atoms with Crippen LogP contribution in [0.25, 0.3) is 0 Å². The van der Waals surface area contributed by atoms with E-state index in [2.05, 4.69) is 26.6 Å². The van der Waals surface area contributed by atoms with Gasteiger partial charge in [-0.3, -0.25) is 9.59 Å². The number of nitrogens with one attached hydrogen (secondary N) is 2. The quantitative estimate of drug-likeness (QED) is 0.871. The molecule has 0 radical (unpaired) electrons. The van der Waals surface area contributed by atoms with Gasteiger partial charge in [0.05, 0.1) is 18.4 Å². The van der Waals surface area contributed by atoms with Crippen LogP contribution in [-0.2, 0) is 4.79 Å². The zero-order valence-corrected chi connectivity index (χ0v) is 13.7. The molecule has 0 heterocycles. The fourth-order valence-electron chi connectivity index (χ4n) is 1.92. The second kappa shape index (κ2) is 7.09. The number of carbonyl (C=O) groups excluding carboxylic acids is 2. The van der Waals surface area contributed by atoms with Gasteiger partial charge in [-0.1, -0.05) is 12.1 Å². The van der Waals surface area contributed by atoms with E-state index < -0.39 is 0 Å². The molecule has 2 aromatic rings. The summed E-state index contributed by atoms with van der Waals surface area (Å²) in [6.45, 7) is 1.42. The Labute approximate surface area is 136 Å². The smallest absolute Gasteiger partial charge is 0.256 e. The minimum Gasteiger partial charge on any atom is -0.495 e. The lowest BCUT2D eigenvalue weighted by Crippen LogP contribution is -2.14. The van der Waals surface area contributed by atoms with Crippen LogP contribution in [0.5, 0.6) is 5.75 Å². The molecule has 2 rings (SSSR count). The summed E-state index contributed by atoms with van der Waals surface area (Å²) >= 11 is 3.34. The van der Waals surface area contributed by atoms with Crippen molar-refractivity contribution >= 4 is 39.1 Å². The van der Waals surface area contributed by atoms with Crippen LogP contribution >= 0.6 is 15.9 Å². The molecule has 0 unspecified atom stereocenters. The second-order valence-corrected chi connectivity index (χ2v) is 5.38. The normalized spacial score (nSPS) is 9.95. The zero-order valence-electron chi connectivity index (χ0n) is 12.1. The third kappa shape index (κ3) is 3.85. The Hall–Kier alpha value is -2.34. The summed E-state index contributed by atoms with van der Waals surface area (Å²) in [6, 6.07) is 12.1. The number of amides is 2. The van der Waals surface area contributed by atoms with Crippen LogP contribution in [0.4, 0.5) is 11.4 Å². The molecule has 0 spiro atoms. The predicted molar refractivity (Wildman–Crippen MR) is 89.4 cm³/mol. The Morgan fingerprint density at radius 2 is 1.82 bits per heavy atom. The van der Waals surface area contributed by atoms with Crippen molar-refractivity contribution < 1.29 is 14.3 Å². The third-order valence-corrected chi connectivity index (χ3v) is 3.58. The van der Waals surface area contributed by atoms with Crippen molar-refractivity contribution in [2.24, 2.45) is 0 Å². The average molecular weight is 363 g/mol. The van der Waals surface area contributed by atoms with E-state index in [1.54, 1.807) is 36.4 Å². The minimum atomic E-state index is -0.272. The number of carbonyl (C=O) groups is 2. The molecule has 0 aliphatic rings.